The molecule has 1 aromatic heterocycles. The van der Waals surface area contributed by atoms with E-state index < -0.39 is 5.97 Å². The molecule has 20 heavy (non-hydrogen) atoms. The van der Waals surface area contributed by atoms with Gasteiger partial charge in [-0.2, -0.15) is 5.10 Å². The monoisotopic (exact) mass is 272 g/mol. The number of benzene rings is 1. The van der Waals surface area contributed by atoms with Crippen LogP contribution in [0, 0.1) is 13.8 Å². The molecule has 0 radical (unpaired) electrons. The van der Waals surface area contributed by atoms with Gasteiger partial charge in [0.05, 0.1) is 0 Å². The van der Waals surface area contributed by atoms with Crippen LogP contribution in [0.3, 0.4) is 0 Å². The lowest BCUT2D eigenvalue weighted by Crippen LogP contribution is -2.10. The molecule has 0 saturated carbocycles. The first-order valence-electron chi connectivity index (χ1n) is 6.71. The number of rotatable bonds is 3. The average Bonchev–Trinajstić information content (AvgIpc) is 2.69. The second-order valence-electron chi connectivity index (χ2n) is 5.42. The van der Waals surface area contributed by atoms with Gasteiger partial charge < -0.3 is 4.74 Å². The summed E-state index contributed by atoms with van der Waals surface area (Å²) in [5.41, 5.74) is 3.49. The molecule has 1 aromatic carbocycles. The van der Waals surface area contributed by atoms with E-state index in [1.165, 1.54) is 0 Å². The van der Waals surface area contributed by atoms with Crippen LogP contribution in [0.25, 0.3) is 0 Å². The predicted molar refractivity (Wildman–Crippen MR) is 78.2 cm³/mol. The zero-order valence-corrected chi connectivity index (χ0v) is 12.6. The van der Waals surface area contributed by atoms with Crippen LogP contribution in [0.15, 0.2) is 24.3 Å². The van der Waals surface area contributed by atoms with Gasteiger partial charge in [0.1, 0.15) is 5.75 Å². The summed E-state index contributed by atoms with van der Waals surface area (Å²) >= 11 is 0. The second-order valence-corrected chi connectivity index (χ2v) is 5.42. The van der Waals surface area contributed by atoms with Crippen LogP contribution < -0.4 is 4.74 Å². The van der Waals surface area contributed by atoms with Gasteiger partial charge in [-0.05, 0) is 49.1 Å². The van der Waals surface area contributed by atoms with Crippen LogP contribution >= 0.6 is 0 Å². The third-order valence-electron chi connectivity index (χ3n) is 3.27. The fourth-order valence-corrected chi connectivity index (χ4v) is 1.99. The maximum atomic E-state index is 12.1. The third kappa shape index (κ3) is 3.07. The Morgan fingerprint density at radius 2 is 1.90 bits per heavy atom. The number of hydrogen-bond donors (Lipinski definition) is 0. The summed E-state index contributed by atoms with van der Waals surface area (Å²) in [5, 5.41) is 4.13. The number of carbonyl (C=O) groups is 1. The Balaban J connectivity index is 2.23. The summed E-state index contributed by atoms with van der Waals surface area (Å²) in [6.07, 6.45) is 0. The number of esters is 1. The van der Waals surface area contributed by atoms with E-state index in [2.05, 4.69) is 25.0 Å². The summed E-state index contributed by atoms with van der Waals surface area (Å²) in [7, 11) is 1.80. The van der Waals surface area contributed by atoms with Crippen LogP contribution in [-0.2, 0) is 7.05 Å². The van der Waals surface area contributed by atoms with E-state index in [9.17, 15) is 4.79 Å². The molecule has 0 spiro atoms. The van der Waals surface area contributed by atoms with E-state index in [0.29, 0.717) is 17.4 Å². The quantitative estimate of drug-likeness (QED) is 0.635. The molecule has 0 fully saturated rings. The Hall–Kier alpha value is -2.10. The molecule has 0 aliphatic rings. The fraction of sp³-hybridized carbons (Fsp3) is 0.375. The molecular weight excluding hydrogens is 252 g/mol. The van der Waals surface area contributed by atoms with E-state index in [0.717, 1.165) is 16.8 Å². The molecule has 0 aliphatic carbocycles. The molecule has 0 N–H and O–H groups in total. The first kappa shape index (κ1) is 14.3. The Morgan fingerprint density at radius 1 is 1.20 bits per heavy atom. The first-order valence-corrected chi connectivity index (χ1v) is 6.71. The van der Waals surface area contributed by atoms with Crippen molar-refractivity contribution in [3.05, 3.63) is 46.8 Å². The van der Waals surface area contributed by atoms with Crippen molar-refractivity contribution in [3.8, 4) is 5.75 Å². The van der Waals surface area contributed by atoms with Crippen LogP contribution in [0.2, 0.25) is 0 Å². The standard InChI is InChI=1S/C16H20N2O2/c1-10(2)13-6-11(3)7-14(9-13)20-16(19)15-8-12(4)18(5)17-15/h6-10H,1-5H3. The largest absolute Gasteiger partial charge is 0.422 e. The lowest BCUT2D eigenvalue weighted by atomic mass is 10.0. The highest BCUT2D eigenvalue weighted by Crippen LogP contribution is 2.23. The van der Waals surface area contributed by atoms with Crippen molar-refractivity contribution in [1.29, 1.82) is 0 Å². The third-order valence-corrected chi connectivity index (χ3v) is 3.27. The number of carbonyl (C=O) groups excluding carboxylic acids is 1. The van der Waals surface area contributed by atoms with E-state index >= 15 is 0 Å². The van der Waals surface area contributed by atoms with Gasteiger partial charge in [-0.3, -0.25) is 4.68 Å². The van der Waals surface area contributed by atoms with Crippen molar-refractivity contribution < 1.29 is 9.53 Å². The molecular formula is C16H20N2O2. The molecule has 0 atom stereocenters. The summed E-state index contributed by atoms with van der Waals surface area (Å²) in [5.74, 6) is 0.542. The number of aromatic nitrogens is 2. The lowest BCUT2D eigenvalue weighted by Gasteiger charge is -2.10. The summed E-state index contributed by atoms with van der Waals surface area (Å²) in [6, 6.07) is 7.60. The number of aryl methyl sites for hydroxylation is 3. The normalized spacial score (nSPS) is 10.9. The van der Waals surface area contributed by atoms with Crippen LogP contribution in [0.5, 0.6) is 5.75 Å². The van der Waals surface area contributed by atoms with Gasteiger partial charge in [-0.25, -0.2) is 4.79 Å². The van der Waals surface area contributed by atoms with Gasteiger partial charge in [0, 0.05) is 12.7 Å². The molecule has 0 aliphatic heterocycles. The highest BCUT2D eigenvalue weighted by molar-refractivity contribution is 5.89. The Morgan fingerprint density at radius 3 is 2.45 bits per heavy atom. The van der Waals surface area contributed by atoms with Gasteiger partial charge >= 0.3 is 5.97 Å². The Bertz CT molecular complexity index is 622. The first-order chi connectivity index (χ1) is 9.36. The minimum absolute atomic E-state index is 0.331. The van der Waals surface area contributed by atoms with E-state index in [1.807, 2.05) is 26.0 Å². The van der Waals surface area contributed by atoms with Crippen LogP contribution in [0.4, 0.5) is 0 Å². The smallest absolute Gasteiger partial charge is 0.364 e. The molecule has 4 nitrogen and oxygen atoms in total. The minimum atomic E-state index is -0.422. The van der Waals surface area contributed by atoms with Gasteiger partial charge in [-0.15, -0.1) is 0 Å². The molecule has 0 saturated heterocycles. The minimum Gasteiger partial charge on any atom is -0.422 e. The van der Waals surface area contributed by atoms with Gasteiger partial charge in [0.15, 0.2) is 5.69 Å². The molecule has 1 heterocycles. The Kier molecular flexibility index (Phi) is 3.93. The average molecular weight is 272 g/mol. The van der Waals surface area contributed by atoms with Crippen molar-refractivity contribution in [3.63, 3.8) is 0 Å². The van der Waals surface area contributed by atoms with E-state index in [4.69, 9.17) is 4.74 Å². The molecule has 2 aromatic rings. The van der Waals surface area contributed by atoms with Crippen LogP contribution in [-0.4, -0.2) is 15.7 Å². The zero-order chi connectivity index (χ0) is 14.9. The molecule has 0 bridgehead atoms. The summed E-state index contributed by atoms with van der Waals surface area (Å²) in [4.78, 5) is 12.1. The second kappa shape index (κ2) is 5.49. The predicted octanol–water partition coefficient (Wildman–Crippen LogP) is 3.38. The highest BCUT2D eigenvalue weighted by Gasteiger charge is 2.14. The van der Waals surface area contributed by atoms with Gasteiger partial charge in [-0.1, -0.05) is 19.9 Å². The zero-order valence-electron chi connectivity index (χ0n) is 12.6. The van der Waals surface area contributed by atoms with E-state index in [1.54, 1.807) is 17.8 Å². The van der Waals surface area contributed by atoms with Crippen molar-refractivity contribution >= 4 is 5.97 Å². The van der Waals surface area contributed by atoms with Crippen molar-refractivity contribution in [1.82, 2.24) is 9.78 Å². The molecule has 106 valence electrons. The Labute approximate surface area is 119 Å². The maximum Gasteiger partial charge on any atom is 0.364 e. The summed E-state index contributed by atoms with van der Waals surface area (Å²) < 4.78 is 7.08. The number of hydrogen-bond acceptors (Lipinski definition) is 3. The number of nitrogens with zero attached hydrogens (tertiary/aromatic N) is 2. The maximum absolute atomic E-state index is 12.1. The van der Waals surface area contributed by atoms with Gasteiger partial charge in [0.25, 0.3) is 0 Å². The van der Waals surface area contributed by atoms with Crippen LogP contribution in [0.1, 0.15) is 47.1 Å². The fourth-order valence-electron chi connectivity index (χ4n) is 1.99. The molecule has 0 unspecified atom stereocenters. The summed E-state index contributed by atoms with van der Waals surface area (Å²) in [6.45, 7) is 8.12. The SMILES string of the molecule is Cc1cc(OC(=O)c2cc(C)n(C)n2)cc(C(C)C)c1. The van der Waals surface area contributed by atoms with Gasteiger partial charge in [0.2, 0.25) is 0 Å². The topological polar surface area (TPSA) is 44.1 Å². The molecule has 0 amide bonds. The van der Waals surface area contributed by atoms with E-state index in [-0.39, 0.29) is 0 Å². The highest BCUT2D eigenvalue weighted by atomic mass is 16.5. The number of ether oxygens (including phenoxy) is 1. The van der Waals surface area contributed by atoms with Crippen molar-refractivity contribution in [2.75, 3.05) is 0 Å². The van der Waals surface area contributed by atoms with Crippen molar-refractivity contribution in [2.24, 2.45) is 7.05 Å². The van der Waals surface area contributed by atoms with Crippen molar-refractivity contribution in [2.45, 2.75) is 33.6 Å². The molecule has 2 rings (SSSR count). The lowest BCUT2D eigenvalue weighted by molar-refractivity contribution is 0.0727. The molecule has 4 heteroatoms.